The summed E-state index contributed by atoms with van der Waals surface area (Å²) in [7, 11) is 1.50. The second-order valence-corrected chi connectivity index (χ2v) is 10.6. The van der Waals surface area contributed by atoms with Gasteiger partial charge in [-0.05, 0) is 85.2 Å². The van der Waals surface area contributed by atoms with Crippen LogP contribution in [0.25, 0.3) is 0 Å². The van der Waals surface area contributed by atoms with E-state index in [2.05, 4.69) is 62.0 Å². The molecule has 6 rings (SSSR count). The van der Waals surface area contributed by atoms with E-state index in [1.807, 2.05) is 47.6 Å². The van der Waals surface area contributed by atoms with Gasteiger partial charge in [-0.25, -0.2) is 0 Å². The van der Waals surface area contributed by atoms with Crippen LogP contribution in [0.4, 0.5) is 0 Å². The molecule has 1 saturated heterocycles. The zero-order chi connectivity index (χ0) is 29.1. The van der Waals surface area contributed by atoms with Gasteiger partial charge >= 0.3 is 0 Å². The average Bonchev–Trinajstić information content (AvgIpc) is 3.58. The third kappa shape index (κ3) is 6.55. The highest BCUT2D eigenvalue weighted by atomic mass is 16.7. The number of hydrogen-bond acceptors (Lipinski definition) is 4. The number of rotatable bonds is 3. The molecule has 39 heavy (non-hydrogen) atoms. The van der Waals surface area contributed by atoms with E-state index in [4.69, 9.17) is 14.2 Å². The van der Waals surface area contributed by atoms with Crippen molar-refractivity contribution in [2.75, 3.05) is 20.3 Å². The highest BCUT2D eigenvalue weighted by molar-refractivity contribution is 5.41. The average molecular weight is 540 g/mol. The molecule has 0 bridgehead atoms. The first-order chi connectivity index (χ1) is 19.1. The molecule has 2 saturated carbocycles. The molecular formula is C35H57NO3. The Bertz CT molecular complexity index is 956. The van der Waals surface area contributed by atoms with E-state index in [0.717, 1.165) is 37.7 Å². The van der Waals surface area contributed by atoms with Crippen molar-refractivity contribution in [1.82, 2.24) is 0 Å². The Morgan fingerprint density at radius 1 is 0.897 bits per heavy atom. The van der Waals surface area contributed by atoms with Crippen molar-refractivity contribution in [3.63, 3.8) is 0 Å². The molecule has 1 aliphatic heterocycles. The summed E-state index contributed by atoms with van der Waals surface area (Å²) in [6.07, 6.45) is 5.95. The zero-order valence-electron chi connectivity index (χ0n) is 26.4. The van der Waals surface area contributed by atoms with Crippen LogP contribution in [0.3, 0.4) is 0 Å². The fourth-order valence-electron chi connectivity index (χ4n) is 7.82. The molecule has 2 aromatic carbocycles. The molecule has 4 aliphatic rings. The Kier molecular flexibility index (Phi) is 13.5. The first-order valence-electron chi connectivity index (χ1n) is 15.7. The summed E-state index contributed by atoms with van der Waals surface area (Å²) in [4.78, 5) is 0. The molecule has 4 heteroatoms. The molecule has 4 nitrogen and oxygen atoms in total. The van der Waals surface area contributed by atoms with Gasteiger partial charge in [0, 0.05) is 11.8 Å². The molecule has 220 valence electrons. The monoisotopic (exact) mass is 539 g/mol. The molecule has 0 amide bonds. The molecule has 1 heterocycles. The smallest absolute Gasteiger partial charge is 0.174 e. The van der Waals surface area contributed by atoms with Gasteiger partial charge in [0.2, 0.25) is 0 Å². The van der Waals surface area contributed by atoms with Gasteiger partial charge in [0.15, 0.2) is 5.79 Å². The lowest BCUT2D eigenvalue weighted by Gasteiger charge is -2.53. The number of hydrogen-bond donors (Lipinski definition) is 1. The number of aryl methyl sites for hydroxylation is 1. The first kappa shape index (κ1) is 33.3. The Morgan fingerprint density at radius 2 is 1.54 bits per heavy atom. The summed E-state index contributed by atoms with van der Waals surface area (Å²) in [6, 6.07) is 17.3. The maximum absolute atomic E-state index is 6.33. The summed E-state index contributed by atoms with van der Waals surface area (Å²) < 4.78 is 18.8. The van der Waals surface area contributed by atoms with Gasteiger partial charge in [0.1, 0.15) is 12.4 Å². The Balaban J connectivity index is 0.000000614. The maximum Gasteiger partial charge on any atom is 0.174 e. The van der Waals surface area contributed by atoms with Crippen LogP contribution in [0.15, 0.2) is 48.5 Å². The van der Waals surface area contributed by atoms with Gasteiger partial charge in [0.25, 0.3) is 0 Å². The molecule has 3 unspecified atom stereocenters. The van der Waals surface area contributed by atoms with Crippen LogP contribution in [0, 0.1) is 23.2 Å². The van der Waals surface area contributed by atoms with E-state index in [-0.39, 0.29) is 11.2 Å². The third-order valence-electron chi connectivity index (χ3n) is 9.03. The second kappa shape index (κ2) is 15.8. The highest BCUT2D eigenvalue weighted by Gasteiger charge is 2.67. The van der Waals surface area contributed by atoms with E-state index in [1.165, 1.54) is 37.4 Å². The van der Waals surface area contributed by atoms with E-state index in [0.29, 0.717) is 24.4 Å². The van der Waals surface area contributed by atoms with E-state index >= 15 is 0 Å². The van der Waals surface area contributed by atoms with Crippen molar-refractivity contribution in [3.05, 3.63) is 65.2 Å². The lowest BCUT2D eigenvalue weighted by atomic mass is 9.53. The molecule has 3 fully saturated rings. The topological polar surface area (TPSA) is 53.7 Å². The van der Waals surface area contributed by atoms with Gasteiger partial charge in [-0.1, -0.05) is 91.8 Å². The number of benzene rings is 2. The lowest BCUT2D eigenvalue weighted by molar-refractivity contribution is -0.237. The van der Waals surface area contributed by atoms with E-state index in [9.17, 15) is 0 Å². The summed E-state index contributed by atoms with van der Waals surface area (Å²) in [6.45, 7) is 19.1. The van der Waals surface area contributed by atoms with Crippen LogP contribution in [-0.4, -0.2) is 26.0 Å². The molecule has 1 spiro atoms. The van der Waals surface area contributed by atoms with Crippen molar-refractivity contribution in [2.45, 2.75) is 106 Å². The standard InChI is InChI=1S/C28H34O3.3C2H6.CH5N/c1-19-17-28(30-14-15-31-28)27(2)13-12-24-23-11-9-22(29-18-20-6-4-3-5-7-20)16-21(23)8-10-25(24)26(19)27;4*1-2/h3-7,9,11,16,19,24-26H,8,10,12-15,17-18H2,1-2H3;3*1-2H3;2H2,1H3/t19?,24?,25-,26?,27+;;;;/m1..../s1. The van der Waals surface area contributed by atoms with Crippen LogP contribution in [0.1, 0.15) is 104 Å². The summed E-state index contributed by atoms with van der Waals surface area (Å²) in [5.74, 6) is 3.44. The molecule has 3 aliphatic carbocycles. The minimum Gasteiger partial charge on any atom is -0.489 e. The van der Waals surface area contributed by atoms with Crippen LogP contribution >= 0.6 is 0 Å². The number of fused-ring (bicyclic) bond motifs is 6. The van der Waals surface area contributed by atoms with Gasteiger partial charge in [-0.15, -0.1) is 0 Å². The lowest BCUT2D eigenvalue weighted by Crippen LogP contribution is -2.51. The third-order valence-corrected chi connectivity index (χ3v) is 9.03. The Labute approximate surface area is 240 Å². The Hall–Kier alpha value is -1.88. The fraction of sp³-hybridized carbons (Fsp3) is 0.657. The van der Waals surface area contributed by atoms with Gasteiger partial charge in [0.05, 0.1) is 13.2 Å². The van der Waals surface area contributed by atoms with E-state index in [1.54, 1.807) is 5.56 Å². The molecule has 0 aromatic heterocycles. The van der Waals surface area contributed by atoms with Crippen LogP contribution in [-0.2, 0) is 22.5 Å². The normalized spacial score (nSPS) is 28.8. The van der Waals surface area contributed by atoms with Crippen LogP contribution in [0.5, 0.6) is 5.75 Å². The van der Waals surface area contributed by atoms with Gasteiger partial charge in [-0.3, -0.25) is 0 Å². The minimum atomic E-state index is -0.322. The molecular weight excluding hydrogens is 482 g/mol. The predicted molar refractivity (Wildman–Crippen MR) is 165 cm³/mol. The van der Waals surface area contributed by atoms with Crippen molar-refractivity contribution in [2.24, 2.45) is 28.9 Å². The Morgan fingerprint density at radius 3 is 2.18 bits per heavy atom. The zero-order valence-corrected chi connectivity index (χ0v) is 26.4. The second-order valence-electron chi connectivity index (χ2n) is 10.6. The maximum atomic E-state index is 6.33. The number of nitrogens with two attached hydrogens (primary N) is 1. The minimum absolute atomic E-state index is 0.153. The predicted octanol–water partition coefficient (Wildman–Crippen LogP) is 8.76. The quantitative estimate of drug-likeness (QED) is 0.423. The molecule has 2 N–H and O–H groups in total. The molecule has 2 aromatic rings. The highest BCUT2D eigenvalue weighted by Crippen LogP contribution is 2.67. The van der Waals surface area contributed by atoms with Crippen LogP contribution in [0.2, 0.25) is 0 Å². The summed E-state index contributed by atoms with van der Waals surface area (Å²) >= 11 is 0. The SMILES string of the molecule is CC.CC.CC.CC1CC2(OCCO2)[C@@]2(C)CCC3c4ccc(OCc5ccccc5)cc4CC[C@H]3C12.CN. The summed E-state index contributed by atoms with van der Waals surface area (Å²) in [5, 5.41) is 0. The largest absolute Gasteiger partial charge is 0.489 e. The molecule has 0 radical (unpaired) electrons. The van der Waals surface area contributed by atoms with Gasteiger partial charge in [-0.2, -0.15) is 0 Å². The van der Waals surface area contributed by atoms with Crippen molar-refractivity contribution in [1.29, 1.82) is 0 Å². The van der Waals surface area contributed by atoms with Crippen molar-refractivity contribution >= 4 is 0 Å². The number of ether oxygens (including phenoxy) is 3. The van der Waals surface area contributed by atoms with Crippen LogP contribution < -0.4 is 10.5 Å². The van der Waals surface area contributed by atoms with Gasteiger partial charge < -0.3 is 19.9 Å². The molecule has 5 atom stereocenters. The van der Waals surface area contributed by atoms with E-state index < -0.39 is 0 Å². The fourth-order valence-corrected chi connectivity index (χ4v) is 7.82. The summed E-state index contributed by atoms with van der Waals surface area (Å²) in [5.41, 5.74) is 8.95. The van der Waals surface area contributed by atoms with Crippen molar-refractivity contribution < 1.29 is 14.2 Å². The first-order valence-corrected chi connectivity index (χ1v) is 15.7. The van der Waals surface area contributed by atoms with Crippen molar-refractivity contribution in [3.8, 4) is 5.75 Å².